The van der Waals surface area contributed by atoms with Gasteiger partial charge in [-0.1, -0.05) is 0 Å². The van der Waals surface area contributed by atoms with Gasteiger partial charge < -0.3 is 10.7 Å². The third-order valence-corrected chi connectivity index (χ3v) is 3.49. The molecule has 0 saturated carbocycles. The van der Waals surface area contributed by atoms with Crippen molar-refractivity contribution in [2.24, 2.45) is 0 Å². The maximum Gasteiger partial charge on any atom is 0.271 e. The van der Waals surface area contributed by atoms with E-state index < -0.39 is 0 Å². The zero-order chi connectivity index (χ0) is 9.26. The van der Waals surface area contributed by atoms with Gasteiger partial charge in [0.2, 0.25) is 0 Å². The molecule has 3 nitrogen and oxygen atoms in total. The molecule has 3 N–H and O–H groups in total. The maximum absolute atomic E-state index is 11.2. The first kappa shape index (κ1) is 8.69. The Morgan fingerprint density at radius 3 is 3.00 bits per heavy atom. The molecule has 0 amide bonds. The number of anilines is 1. The molecule has 0 spiro atoms. The third kappa shape index (κ3) is 1.72. The quantitative estimate of drug-likeness (QED) is 0.709. The van der Waals surface area contributed by atoms with Crippen molar-refractivity contribution >= 4 is 17.4 Å². The summed E-state index contributed by atoms with van der Waals surface area (Å²) in [7, 11) is 0. The van der Waals surface area contributed by atoms with Crippen molar-refractivity contribution in [3.63, 3.8) is 0 Å². The van der Waals surface area contributed by atoms with Gasteiger partial charge in [-0.15, -0.1) is 0 Å². The van der Waals surface area contributed by atoms with Gasteiger partial charge in [0.15, 0.2) is 0 Å². The highest BCUT2D eigenvalue weighted by Crippen LogP contribution is 2.30. The van der Waals surface area contributed by atoms with Crippen LogP contribution in [0.4, 0.5) is 5.69 Å². The van der Waals surface area contributed by atoms with E-state index >= 15 is 0 Å². The molecule has 1 atom stereocenters. The van der Waals surface area contributed by atoms with Gasteiger partial charge in [-0.2, -0.15) is 11.8 Å². The fourth-order valence-electron chi connectivity index (χ4n) is 1.52. The summed E-state index contributed by atoms with van der Waals surface area (Å²) in [5.41, 5.74) is 6.61. The van der Waals surface area contributed by atoms with E-state index in [2.05, 4.69) is 4.98 Å². The first-order valence-electron chi connectivity index (χ1n) is 4.34. The minimum absolute atomic E-state index is 0.158. The molecule has 1 aromatic heterocycles. The second-order valence-corrected chi connectivity index (χ2v) is 4.41. The van der Waals surface area contributed by atoms with E-state index in [1.54, 1.807) is 6.07 Å². The largest absolute Gasteiger partial charge is 0.394 e. The van der Waals surface area contributed by atoms with Crippen LogP contribution in [0.5, 0.6) is 0 Å². The highest BCUT2D eigenvalue weighted by atomic mass is 32.2. The molecular formula is C9H12N2OS. The SMILES string of the molecule is Nc1ccc(C2CCSC2)[nH]c1=O. The van der Waals surface area contributed by atoms with E-state index in [1.807, 2.05) is 17.8 Å². The summed E-state index contributed by atoms with van der Waals surface area (Å²) >= 11 is 1.93. The van der Waals surface area contributed by atoms with Crippen LogP contribution in [0.1, 0.15) is 18.0 Å². The van der Waals surface area contributed by atoms with Crippen molar-refractivity contribution in [1.29, 1.82) is 0 Å². The van der Waals surface area contributed by atoms with Crippen LogP contribution >= 0.6 is 11.8 Å². The molecule has 1 aromatic rings. The lowest BCUT2D eigenvalue weighted by atomic mass is 10.0. The van der Waals surface area contributed by atoms with Crippen molar-refractivity contribution < 1.29 is 0 Å². The molecule has 1 unspecified atom stereocenters. The van der Waals surface area contributed by atoms with E-state index in [0.29, 0.717) is 11.6 Å². The number of hydrogen-bond donors (Lipinski definition) is 2. The number of nitrogens with one attached hydrogen (secondary N) is 1. The van der Waals surface area contributed by atoms with Gasteiger partial charge in [0.1, 0.15) is 0 Å². The molecule has 2 heterocycles. The van der Waals surface area contributed by atoms with Crippen LogP contribution in [-0.4, -0.2) is 16.5 Å². The minimum Gasteiger partial charge on any atom is -0.394 e. The fraction of sp³-hybridized carbons (Fsp3) is 0.444. The molecule has 0 aliphatic carbocycles. The predicted octanol–water partition coefficient (Wildman–Crippen LogP) is 1.18. The first-order valence-corrected chi connectivity index (χ1v) is 5.49. The average molecular weight is 196 g/mol. The Morgan fingerprint density at radius 2 is 2.38 bits per heavy atom. The van der Waals surface area contributed by atoms with Crippen LogP contribution in [-0.2, 0) is 0 Å². The lowest BCUT2D eigenvalue weighted by molar-refractivity contribution is 0.748. The van der Waals surface area contributed by atoms with E-state index in [4.69, 9.17) is 5.73 Å². The molecule has 2 rings (SSSR count). The number of aromatic nitrogens is 1. The number of pyridine rings is 1. The molecule has 0 aromatic carbocycles. The third-order valence-electron chi connectivity index (χ3n) is 2.33. The van der Waals surface area contributed by atoms with Gasteiger partial charge in [-0.3, -0.25) is 4.79 Å². The van der Waals surface area contributed by atoms with Gasteiger partial charge in [0, 0.05) is 17.4 Å². The Kier molecular flexibility index (Phi) is 2.31. The van der Waals surface area contributed by atoms with Crippen LogP contribution in [0.15, 0.2) is 16.9 Å². The van der Waals surface area contributed by atoms with Gasteiger partial charge in [0.05, 0.1) is 5.69 Å². The Hall–Kier alpha value is -0.900. The number of rotatable bonds is 1. The molecular weight excluding hydrogens is 184 g/mol. The normalized spacial score (nSPS) is 22.0. The summed E-state index contributed by atoms with van der Waals surface area (Å²) in [6, 6.07) is 3.62. The number of hydrogen-bond acceptors (Lipinski definition) is 3. The maximum atomic E-state index is 11.2. The van der Waals surface area contributed by atoms with Crippen molar-refractivity contribution in [3.05, 3.63) is 28.2 Å². The van der Waals surface area contributed by atoms with Crippen LogP contribution in [0.25, 0.3) is 0 Å². The Morgan fingerprint density at radius 1 is 1.54 bits per heavy atom. The fourth-order valence-corrected chi connectivity index (χ4v) is 2.77. The van der Waals surface area contributed by atoms with Gasteiger partial charge in [-0.05, 0) is 24.3 Å². The Labute approximate surface area is 80.7 Å². The molecule has 1 aliphatic rings. The van der Waals surface area contributed by atoms with E-state index in [-0.39, 0.29) is 5.56 Å². The number of nitrogens with two attached hydrogens (primary N) is 1. The number of nitrogen functional groups attached to an aromatic ring is 1. The number of H-pyrrole nitrogens is 1. The summed E-state index contributed by atoms with van der Waals surface area (Å²) < 4.78 is 0. The summed E-state index contributed by atoms with van der Waals surface area (Å²) in [4.78, 5) is 14.0. The van der Waals surface area contributed by atoms with E-state index in [0.717, 1.165) is 17.9 Å². The van der Waals surface area contributed by atoms with Crippen LogP contribution in [0.2, 0.25) is 0 Å². The standard InChI is InChI=1S/C9H12N2OS/c10-7-1-2-8(11-9(7)12)6-3-4-13-5-6/h1-2,6H,3-5,10H2,(H,11,12). The Bertz CT molecular complexity index is 355. The molecule has 1 fully saturated rings. The average Bonchev–Trinajstić information content (AvgIpc) is 2.62. The van der Waals surface area contributed by atoms with Crippen LogP contribution < -0.4 is 11.3 Å². The molecule has 0 radical (unpaired) electrons. The molecule has 4 heteroatoms. The first-order chi connectivity index (χ1) is 6.27. The number of aromatic amines is 1. The number of thioether (sulfide) groups is 1. The zero-order valence-electron chi connectivity index (χ0n) is 7.25. The predicted molar refractivity (Wildman–Crippen MR) is 56.2 cm³/mol. The van der Waals surface area contributed by atoms with E-state index in [9.17, 15) is 4.79 Å². The second-order valence-electron chi connectivity index (χ2n) is 3.26. The van der Waals surface area contributed by atoms with Crippen LogP contribution in [0, 0.1) is 0 Å². The smallest absolute Gasteiger partial charge is 0.271 e. The minimum atomic E-state index is -0.158. The highest BCUT2D eigenvalue weighted by Gasteiger charge is 2.18. The molecule has 1 aliphatic heterocycles. The lowest BCUT2D eigenvalue weighted by Gasteiger charge is -2.07. The molecule has 0 bridgehead atoms. The van der Waals surface area contributed by atoms with Crippen LogP contribution in [0.3, 0.4) is 0 Å². The van der Waals surface area contributed by atoms with Crippen molar-refractivity contribution in [2.45, 2.75) is 12.3 Å². The molecule has 1 saturated heterocycles. The van der Waals surface area contributed by atoms with Gasteiger partial charge >= 0.3 is 0 Å². The monoisotopic (exact) mass is 196 g/mol. The summed E-state index contributed by atoms with van der Waals surface area (Å²) in [5, 5.41) is 0. The lowest BCUT2D eigenvalue weighted by Crippen LogP contribution is -2.15. The molecule has 70 valence electrons. The van der Waals surface area contributed by atoms with Gasteiger partial charge in [0.25, 0.3) is 5.56 Å². The Balaban J connectivity index is 2.30. The van der Waals surface area contributed by atoms with Crippen molar-refractivity contribution in [3.8, 4) is 0 Å². The second kappa shape index (κ2) is 3.46. The van der Waals surface area contributed by atoms with E-state index in [1.165, 1.54) is 5.75 Å². The topological polar surface area (TPSA) is 58.9 Å². The zero-order valence-corrected chi connectivity index (χ0v) is 8.06. The summed E-state index contributed by atoms with van der Waals surface area (Å²) in [6.07, 6.45) is 1.16. The molecule has 13 heavy (non-hydrogen) atoms. The van der Waals surface area contributed by atoms with Gasteiger partial charge in [-0.25, -0.2) is 0 Å². The van der Waals surface area contributed by atoms with Crippen molar-refractivity contribution in [1.82, 2.24) is 4.98 Å². The van der Waals surface area contributed by atoms with Crippen molar-refractivity contribution in [2.75, 3.05) is 17.2 Å². The summed E-state index contributed by atoms with van der Waals surface area (Å²) in [6.45, 7) is 0. The summed E-state index contributed by atoms with van der Waals surface area (Å²) in [5.74, 6) is 2.81. The highest BCUT2D eigenvalue weighted by molar-refractivity contribution is 7.99.